The van der Waals surface area contributed by atoms with Crippen molar-refractivity contribution in [2.45, 2.75) is 12.5 Å². The van der Waals surface area contributed by atoms with E-state index in [1.807, 2.05) is 6.20 Å². The second kappa shape index (κ2) is 4.40. The van der Waals surface area contributed by atoms with Crippen molar-refractivity contribution >= 4 is 32.8 Å². The van der Waals surface area contributed by atoms with E-state index in [0.29, 0.717) is 13.0 Å². The molecule has 2 atom stereocenters. The van der Waals surface area contributed by atoms with Gasteiger partial charge in [0.1, 0.15) is 0 Å². The molecule has 1 aliphatic rings. The summed E-state index contributed by atoms with van der Waals surface area (Å²) in [5.41, 5.74) is 2.21. The summed E-state index contributed by atoms with van der Waals surface area (Å²) in [6.07, 6.45) is 2.57. The lowest BCUT2D eigenvalue weighted by Gasteiger charge is -2.10. The maximum atomic E-state index is 10.9. The van der Waals surface area contributed by atoms with Crippen molar-refractivity contribution in [3.05, 3.63) is 34.4 Å². The molecule has 0 amide bonds. The van der Waals surface area contributed by atoms with E-state index in [1.54, 1.807) is 0 Å². The predicted molar refractivity (Wildman–Crippen MR) is 72.5 cm³/mol. The quantitative estimate of drug-likeness (QED) is 0.799. The van der Waals surface area contributed by atoms with Crippen molar-refractivity contribution in [2.75, 3.05) is 6.54 Å². The Balaban J connectivity index is 1.89. The smallest absolute Gasteiger partial charge is 0.307 e. The number of halogens is 1. The first-order valence-electron chi connectivity index (χ1n) is 5.88. The topological polar surface area (TPSA) is 65.1 Å². The summed E-state index contributed by atoms with van der Waals surface area (Å²) in [5, 5.41) is 13.4. The molecule has 2 aromatic rings. The second-order valence-electron chi connectivity index (χ2n) is 4.67. The van der Waals surface area contributed by atoms with E-state index in [1.165, 1.54) is 0 Å². The van der Waals surface area contributed by atoms with Crippen LogP contribution in [-0.4, -0.2) is 22.6 Å². The van der Waals surface area contributed by atoms with Gasteiger partial charge < -0.3 is 15.4 Å². The van der Waals surface area contributed by atoms with E-state index >= 15 is 0 Å². The first-order valence-corrected chi connectivity index (χ1v) is 6.67. The number of nitrogens with one attached hydrogen (secondary N) is 2. The highest BCUT2D eigenvalue weighted by molar-refractivity contribution is 9.10. The molecule has 3 N–H and O–H groups in total. The van der Waals surface area contributed by atoms with Gasteiger partial charge in [-0.2, -0.15) is 0 Å². The number of fused-ring (bicyclic) bond motifs is 1. The van der Waals surface area contributed by atoms with Gasteiger partial charge in [0, 0.05) is 34.2 Å². The lowest BCUT2D eigenvalue weighted by Crippen LogP contribution is -2.17. The van der Waals surface area contributed by atoms with Crippen molar-refractivity contribution in [3.8, 4) is 0 Å². The van der Waals surface area contributed by atoms with Gasteiger partial charge in [0.15, 0.2) is 0 Å². The SMILES string of the molecule is O=C(O)C1CNC(c2ccc3c(Br)c[nH]c3c2)C1. The Morgan fingerprint density at radius 2 is 2.28 bits per heavy atom. The summed E-state index contributed by atoms with van der Waals surface area (Å²) in [6.45, 7) is 0.548. The Hall–Kier alpha value is -1.33. The minimum absolute atomic E-state index is 0.137. The molecule has 0 spiro atoms. The molecule has 5 heteroatoms. The molecule has 4 nitrogen and oxygen atoms in total. The van der Waals surface area contributed by atoms with E-state index < -0.39 is 5.97 Å². The highest BCUT2D eigenvalue weighted by Gasteiger charge is 2.30. The third-order valence-corrected chi connectivity index (χ3v) is 4.19. The van der Waals surface area contributed by atoms with Gasteiger partial charge in [-0.25, -0.2) is 0 Å². The highest BCUT2D eigenvalue weighted by atomic mass is 79.9. The summed E-state index contributed by atoms with van der Waals surface area (Å²) in [6, 6.07) is 6.34. The van der Waals surface area contributed by atoms with Crippen molar-refractivity contribution in [1.82, 2.24) is 10.3 Å². The molecule has 3 rings (SSSR count). The molecular weight excluding hydrogens is 296 g/mol. The number of aliphatic carboxylic acids is 1. The van der Waals surface area contributed by atoms with Crippen LogP contribution in [0.15, 0.2) is 28.9 Å². The van der Waals surface area contributed by atoms with Gasteiger partial charge in [-0.05, 0) is 34.0 Å². The van der Waals surface area contributed by atoms with Crippen LogP contribution in [-0.2, 0) is 4.79 Å². The first-order chi connectivity index (χ1) is 8.65. The molecule has 1 aromatic heterocycles. The van der Waals surface area contributed by atoms with Crippen LogP contribution in [0.5, 0.6) is 0 Å². The Morgan fingerprint density at radius 3 is 3.00 bits per heavy atom. The molecule has 2 heterocycles. The van der Waals surface area contributed by atoms with E-state index in [-0.39, 0.29) is 12.0 Å². The average molecular weight is 309 g/mol. The normalized spacial score (nSPS) is 23.6. The number of carboxylic acids is 1. The van der Waals surface area contributed by atoms with Gasteiger partial charge in [0.25, 0.3) is 0 Å². The molecule has 18 heavy (non-hydrogen) atoms. The molecule has 2 unspecified atom stereocenters. The fourth-order valence-electron chi connectivity index (χ4n) is 2.50. The minimum Gasteiger partial charge on any atom is -0.481 e. The summed E-state index contributed by atoms with van der Waals surface area (Å²) >= 11 is 3.48. The Bertz CT molecular complexity index is 608. The van der Waals surface area contributed by atoms with Crippen LogP contribution < -0.4 is 5.32 Å². The maximum Gasteiger partial charge on any atom is 0.307 e. The van der Waals surface area contributed by atoms with E-state index in [4.69, 9.17) is 5.11 Å². The molecule has 0 aliphatic carbocycles. The van der Waals surface area contributed by atoms with Gasteiger partial charge in [-0.3, -0.25) is 4.79 Å². The molecular formula is C13H13BrN2O2. The van der Waals surface area contributed by atoms with Crippen LogP contribution in [0.25, 0.3) is 10.9 Å². The highest BCUT2D eigenvalue weighted by Crippen LogP contribution is 2.31. The first kappa shape index (κ1) is 11.7. The number of carboxylic acid groups (broad SMARTS) is 1. The van der Waals surface area contributed by atoms with Crippen molar-refractivity contribution in [3.63, 3.8) is 0 Å². The van der Waals surface area contributed by atoms with Gasteiger partial charge in [0.05, 0.1) is 5.92 Å². The largest absolute Gasteiger partial charge is 0.481 e. The Labute approximate surface area is 113 Å². The molecule has 1 fully saturated rings. The van der Waals surface area contributed by atoms with Gasteiger partial charge in [-0.1, -0.05) is 12.1 Å². The Kier molecular flexibility index (Phi) is 2.87. The number of hydrogen-bond acceptors (Lipinski definition) is 2. The predicted octanol–water partition coefficient (Wildman–Crippen LogP) is 2.67. The summed E-state index contributed by atoms with van der Waals surface area (Å²) in [4.78, 5) is 14.1. The van der Waals surface area contributed by atoms with Crippen LogP contribution >= 0.6 is 15.9 Å². The molecule has 1 aromatic carbocycles. The maximum absolute atomic E-state index is 10.9. The van der Waals surface area contributed by atoms with Crippen molar-refractivity contribution in [2.24, 2.45) is 5.92 Å². The van der Waals surface area contributed by atoms with Crippen molar-refractivity contribution in [1.29, 1.82) is 0 Å². The fraction of sp³-hybridized carbons (Fsp3) is 0.308. The van der Waals surface area contributed by atoms with Gasteiger partial charge in [0.2, 0.25) is 0 Å². The van der Waals surface area contributed by atoms with Crippen LogP contribution in [0.3, 0.4) is 0 Å². The number of aromatic nitrogens is 1. The zero-order valence-electron chi connectivity index (χ0n) is 9.61. The fourth-order valence-corrected chi connectivity index (χ4v) is 2.96. The molecule has 0 radical (unpaired) electrons. The number of benzene rings is 1. The monoisotopic (exact) mass is 308 g/mol. The van der Waals surface area contributed by atoms with E-state index in [9.17, 15) is 4.79 Å². The van der Waals surface area contributed by atoms with Crippen LogP contribution in [0.4, 0.5) is 0 Å². The summed E-state index contributed by atoms with van der Waals surface area (Å²) in [5.74, 6) is -0.991. The summed E-state index contributed by atoms with van der Waals surface area (Å²) in [7, 11) is 0. The molecule has 94 valence electrons. The van der Waals surface area contributed by atoms with Crippen LogP contribution in [0.1, 0.15) is 18.0 Å². The number of carbonyl (C=O) groups is 1. The zero-order chi connectivity index (χ0) is 12.7. The molecule has 1 saturated heterocycles. The number of hydrogen-bond donors (Lipinski definition) is 3. The van der Waals surface area contributed by atoms with Crippen LogP contribution in [0.2, 0.25) is 0 Å². The van der Waals surface area contributed by atoms with E-state index in [0.717, 1.165) is 20.9 Å². The number of rotatable bonds is 2. The molecule has 1 aliphatic heterocycles. The number of aromatic amines is 1. The third kappa shape index (κ3) is 1.93. The van der Waals surface area contributed by atoms with E-state index in [2.05, 4.69) is 44.4 Å². The minimum atomic E-state index is -0.714. The lowest BCUT2D eigenvalue weighted by molar-refractivity contribution is -0.141. The second-order valence-corrected chi connectivity index (χ2v) is 5.53. The van der Waals surface area contributed by atoms with Crippen molar-refractivity contribution < 1.29 is 9.90 Å². The summed E-state index contributed by atoms with van der Waals surface area (Å²) < 4.78 is 1.05. The standard InChI is InChI=1S/C13H13BrN2O2/c14-10-6-16-12-3-7(1-2-9(10)12)11-4-8(5-15-11)13(17)18/h1-3,6,8,11,15-16H,4-5H2,(H,17,18). The third-order valence-electron chi connectivity index (χ3n) is 3.54. The van der Waals surface area contributed by atoms with Crippen LogP contribution in [0, 0.1) is 5.92 Å². The lowest BCUT2D eigenvalue weighted by atomic mass is 9.99. The van der Waals surface area contributed by atoms with Gasteiger partial charge >= 0.3 is 5.97 Å². The zero-order valence-corrected chi connectivity index (χ0v) is 11.2. The molecule has 0 bridgehead atoms. The van der Waals surface area contributed by atoms with Gasteiger partial charge in [-0.15, -0.1) is 0 Å². The Morgan fingerprint density at radius 1 is 1.44 bits per heavy atom. The molecule has 0 saturated carbocycles. The average Bonchev–Trinajstić information content (AvgIpc) is 2.96. The number of H-pyrrole nitrogens is 1.